The molecule has 2 aliphatic rings. The minimum absolute atomic E-state index is 0.0756. The summed E-state index contributed by atoms with van der Waals surface area (Å²) in [6, 6.07) is 5.77. The van der Waals surface area contributed by atoms with E-state index in [9.17, 15) is 4.79 Å². The van der Waals surface area contributed by atoms with E-state index >= 15 is 0 Å². The fourth-order valence-electron chi connectivity index (χ4n) is 3.30. The minimum Gasteiger partial charge on any atom is -0.496 e. The lowest BCUT2D eigenvalue weighted by atomic mass is 10.1. The van der Waals surface area contributed by atoms with Gasteiger partial charge in [-0.3, -0.25) is 9.69 Å². The number of amides is 1. The van der Waals surface area contributed by atoms with Gasteiger partial charge in [0, 0.05) is 38.4 Å². The lowest BCUT2D eigenvalue weighted by Gasteiger charge is -2.38. The number of methoxy groups -OCH3 is 2. The van der Waals surface area contributed by atoms with Crippen LogP contribution in [0.25, 0.3) is 0 Å². The van der Waals surface area contributed by atoms with Crippen molar-refractivity contribution in [3.8, 4) is 11.5 Å². The van der Waals surface area contributed by atoms with Gasteiger partial charge in [-0.1, -0.05) is 6.07 Å². The summed E-state index contributed by atoms with van der Waals surface area (Å²) in [6.07, 6.45) is 0.585. The summed E-state index contributed by atoms with van der Waals surface area (Å²) in [7, 11) is 3.32. The van der Waals surface area contributed by atoms with Crippen LogP contribution >= 0.6 is 11.8 Å². The Hall–Kier alpha value is -1.44. The van der Waals surface area contributed by atoms with Gasteiger partial charge < -0.3 is 19.1 Å². The molecule has 0 aliphatic carbocycles. The van der Waals surface area contributed by atoms with Crippen molar-refractivity contribution >= 4 is 17.7 Å². The van der Waals surface area contributed by atoms with Crippen molar-refractivity contribution in [2.45, 2.75) is 11.8 Å². The Morgan fingerprint density at radius 2 is 1.84 bits per heavy atom. The second-order valence-electron chi connectivity index (χ2n) is 6.09. The van der Waals surface area contributed by atoms with Crippen LogP contribution in [0.5, 0.6) is 11.5 Å². The van der Waals surface area contributed by atoms with Gasteiger partial charge in [0.1, 0.15) is 16.9 Å². The Morgan fingerprint density at radius 3 is 2.48 bits per heavy atom. The third-order valence-electron chi connectivity index (χ3n) is 4.67. The van der Waals surface area contributed by atoms with Crippen molar-refractivity contribution in [1.29, 1.82) is 0 Å². The first kappa shape index (κ1) is 18.4. The first-order valence-electron chi connectivity index (χ1n) is 8.66. The summed E-state index contributed by atoms with van der Waals surface area (Å²) in [5.74, 6) is 2.55. The molecule has 0 aromatic heterocycles. The second kappa shape index (κ2) is 8.78. The quantitative estimate of drug-likeness (QED) is 0.768. The molecule has 7 heteroatoms. The number of ether oxygens (including phenoxy) is 3. The average Bonchev–Trinajstić information content (AvgIpc) is 2.67. The van der Waals surface area contributed by atoms with E-state index in [2.05, 4.69) is 4.90 Å². The van der Waals surface area contributed by atoms with Crippen LogP contribution in [-0.4, -0.2) is 75.1 Å². The fourth-order valence-corrected chi connectivity index (χ4v) is 4.62. The molecule has 0 bridgehead atoms. The van der Waals surface area contributed by atoms with Gasteiger partial charge in [-0.2, -0.15) is 0 Å². The van der Waals surface area contributed by atoms with Gasteiger partial charge in [-0.15, -0.1) is 11.8 Å². The molecule has 6 nitrogen and oxygen atoms in total. The van der Waals surface area contributed by atoms with E-state index in [1.165, 1.54) is 0 Å². The Labute approximate surface area is 153 Å². The van der Waals surface area contributed by atoms with Crippen LogP contribution in [-0.2, 0) is 9.53 Å². The number of benzene rings is 1. The third-order valence-corrected chi connectivity index (χ3v) is 5.91. The highest BCUT2D eigenvalue weighted by atomic mass is 32.2. The highest BCUT2D eigenvalue weighted by Gasteiger charge is 2.34. The Bertz CT molecular complexity index is 570. The lowest BCUT2D eigenvalue weighted by Crippen LogP contribution is -2.45. The summed E-state index contributed by atoms with van der Waals surface area (Å²) >= 11 is 1.78. The predicted octanol–water partition coefficient (Wildman–Crippen LogP) is 2.00. The number of rotatable bonds is 6. The van der Waals surface area contributed by atoms with E-state index in [1.807, 2.05) is 23.1 Å². The molecule has 1 amide bonds. The van der Waals surface area contributed by atoms with E-state index < -0.39 is 0 Å². The maximum Gasteiger partial charge on any atom is 0.224 e. The average molecular weight is 366 g/mol. The van der Waals surface area contributed by atoms with Crippen LogP contribution < -0.4 is 9.47 Å². The monoisotopic (exact) mass is 366 g/mol. The van der Waals surface area contributed by atoms with Crippen molar-refractivity contribution < 1.29 is 19.0 Å². The third kappa shape index (κ3) is 4.22. The van der Waals surface area contributed by atoms with Gasteiger partial charge in [0.2, 0.25) is 5.91 Å². The second-order valence-corrected chi connectivity index (χ2v) is 7.28. The molecular weight excluding hydrogens is 340 g/mol. The number of hydrogen-bond donors (Lipinski definition) is 0. The van der Waals surface area contributed by atoms with Gasteiger partial charge in [0.15, 0.2) is 0 Å². The molecule has 0 spiro atoms. The summed E-state index contributed by atoms with van der Waals surface area (Å²) in [5.41, 5.74) is 0.951. The molecule has 0 N–H and O–H groups in total. The summed E-state index contributed by atoms with van der Waals surface area (Å²) < 4.78 is 16.5. The number of carbonyl (C=O) groups is 1. The molecule has 0 saturated carbocycles. The molecule has 1 aromatic rings. The van der Waals surface area contributed by atoms with Crippen molar-refractivity contribution in [1.82, 2.24) is 9.80 Å². The van der Waals surface area contributed by atoms with Crippen molar-refractivity contribution in [2.24, 2.45) is 0 Å². The van der Waals surface area contributed by atoms with Gasteiger partial charge in [-0.05, 0) is 12.1 Å². The van der Waals surface area contributed by atoms with Crippen molar-refractivity contribution in [3.05, 3.63) is 23.8 Å². The van der Waals surface area contributed by atoms with Crippen LogP contribution in [0.1, 0.15) is 17.4 Å². The Morgan fingerprint density at radius 1 is 1.16 bits per heavy atom. The van der Waals surface area contributed by atoms with Gasteiger partial charge in [0.25, 0.3) is 0 Å². The largest absolute Gasteiger partial charge is 0.496 e. The highest BCUT2D eigenvalue weighted by Crippen LogP contribution is 2.45. The van der Waals surface area contributed by atoms with Crippen molar-refractivity contribution in [2.75, 3.05) is 59.4 Å². The molecule has 138 valence electrons. The van der Waals surface area contributed by atoms with Gasteiger partial charge >= 0.3 is 0 Å². The zero-order valence-electron chi connectivity index (χ0n) is 14.9. The SMILES string of the molecule is COc1cccc(OC)c1C1SCCC(=O)N1CCN1CCOCC1. The minimum atomic E-state index is -0.0756. The molecule has 3 rings (SSSR count). The molecule has 0 radical (unpaired) electrons. The zero-order valence-corrected chi connectivity index (χ0v) is 15.7. The number of hydrogen-bond acceptors (Lipinski definition) is 6. The van der Waals surface area contributed by atoms with Crippen LogP contribution in [0, 0.1) is 0 Å². The molecule has 25 heavy (non-hydrogen) atoms. The molecule has 2 saturated heterocycles. The molecular formula is C18H26N2O4S. The topological polar surface area (TPSA) is 51.2 Å². The molecule has 1 aromatic carbocycles. The van der Waals surface area contributed by atoms with Crippen LogP contribution in [0.3, 0.4) is 0 Å². The van der Waals surface area contributed by atoms with E-state index in [-0.39, 0.29) is 11.3 Å². The number of thioether (sulfide) groups is 1. The summed E-state index contributed by atoms with van der Waals surface area (Å²) in [5, 5.41) is -0.0756. The van der Waals surface area contributed by atoms with Crippen LogP contribution in [0.4, 0.5) is 0 Å². The first-order valence-corrected chi connectivity index (χ1v) is 9.71. The normalized spacial score (nSPS) is 22.1. The molecule has 1 unspecified atom stereocenters. The smallest absolute Gasteiger partial charge is 0.224 e. The maximum absolute atomic E-state index is 12.6. The Kier molecular flexibility index (Phi) is 6.45. The molecule has 2 heterocycles. The molecule has 2 aliphatic heterocycles. The van der Waals surface area contributed by atoms with Gasteiger partial charge in [-0.25, -0.2) is 0 Å². The van der Waals surface area contributed by atoms with E-state index in [0.717, 1.165) is 55.7 Å². The first-order chi connectivity index (χ1) is 12.2. The Balaban J connectivity index is 1.81. The standard InChI is InChI=1S/C18H26N2O4S/c1-22-14-4-3-5-15(23-2)17(14)18-20(16(21)6-13-25-18)8-7-19-9-11-24-12-10-19/h3-5,18H,6-13H2,1-2H3. The van der Waals surface area contributed by atoms with Gasteiger partial charge in [0.05, 0.1) is 33.0 Å². The van der Waals surface area contributed by atoms with Crippen molar-refractivity contribution in [3.63, 3.8) is 0 Å². The predicted molar refractivity (Wildman–Crippen MR) is 98.3 cm³/mol. The summed E-state index contributed by atoms with van der Waals surface area (Å²) in [4.78, 5) is 17.0. The van der Waals surface area contributed by atoms with E-state index in [0.29, 0.717) is 13.0 Å². The number of carbonyl (C=O) groups excluding carboxylic acids is 1. The summed E-state index contributed by atoms with van der Waals surface area (Å²) in [6.45, 7) is 4.97. The number of morpholine rings is 1. The highest BCUT2D eigenvalue weighted by molar-refractivity contribution is 7.99. The lowest BCUT2D eigenvalue weighted by molar-refractivity contribution is -0.132. The molecule has 1 atom stereocenters. The van der Waals surface area contributed by atoms with E-state index in [1.54, 1.807) is 26.0 Å². The zero-order chi connectivity index (χ0) is 17.6. The fraction of sp³-hybridized carbons (Fsp3) is 0.611. The maximum atomic E-state index is 12.6. The number of nitrogens with zero attached hydrogens (tertiary/aromatic N) is 2. The van der Waals surface area contributed by atoms with Crippen LogP contribution in [0.2, 0.25) is 0 Å². The molecule has 2 fully saturated rings. The van der Waals surface area contributed by atoms with Crippen LogP contribution in [0.15, 0.2) is 18.2 Å². The van der Waals surface area contributed by atoms with E-state index in [4.69, 9.17) is 14.2 Å².